The minimum absolute atomic E-state index is 0.0817. The predicted molar refractivity (Wildman–Crippen MR) is 82.3 cm³/mol. The Bertz CT molecular complexity index is 567. The Hall–Kier alpha value is -2.60. The molecule has 0 heterocycles. The van der Waals surface area contributed by atoms with E-state index in [9.17, 15) is 9.90 Å². The van der Waals surface area contributed by atoms with Crippen molar-refractivity contribution in [1.82, 2.24) is 5.01 Å². The summed E-state index contributed by atoms with van der Waals surface area (Å²) in [5, 5.41) is 11.1. The monoisotopic (exact) mass is 289 g/mol. The zero-order valence-electron chi connectivity index (χ0n) is 12.0. The second-order valence-electron chi connectivity index (χ2n) is 4.34. The number of ether oxygens (including phenoxy) is 1. The highest BCUT2D eigenvalue weighted by Gasteiger charge is 2.07. The van der Waals surface area contributed by atoms with E-state index >= 15 is 0 Å². The lowest BCUT2D eigenvalue weighted by Crippen LogP contribution is -2.30. The van der Waals surface area contributed by atoms with Crippen LogP contribution in [0.4, 0.5) is 0 Å². The molecule has 112 valence electrons. The van der Waals surface area contributed by atoms with Crippen molar-refractivity contribution in [2.75, 3.05) is 13.2 Å². The summed E-state index contributed by atoms with van der Waals surface area (Å²) in [5.41, 5.74) is 1.26. The summed E-state index contributed by atoms with van der Waals surface area (Å²) >= 11 is 0. The normalized spacial score (nSPS) is 10.9. The van der Waals surface area contributed by atoms with Crippen LogP contribution in [-0.4, -0.2) is 36.0 Å². The van der Waals surface area contributed by atoms with Crippen molar-refractivity contribution in [3.05, 3.63) is 48.2 Å². The molecule has 0 amide bonds. The Morgan fingerprint density at radius 2 is 2.19 bits per heavy atom. The molecule has 0 saturated heterocycles. The van der Waals surface area contributed by atoms with Gasteiger partial charge in [-0.15, -0.1) is 0 Å². The van der Waals surface area contributed by atoms with Crippen LogP contribution >= 0.6 is 0 Å². The molecule has 0 atom stereocenters. The number of para-hydroxylation sites is 1. The number of phenolic OH excluding ortho intramolecular Hbond substituents is 1. The Kier molecular flexibility index (Phi) is 6.16. The molecule has 6 heteroatoms. The van der Waals surface area contributed by atoms with Gasteiger partial charge in [0.15, 0.2) is 0 Å². The molecule has 6 nitrogen and oxygen atoms in total. The van der Waals surface area contributed by atoms with Crippen LogP contribution in [0.1, 0.15) is 12.5 Å². The van der Waals surface area contributed by atoms with E-state index in [1.807, 2.05) is 0 Å². The molecule has 3 N–H and O–H groups in total. The summed E-state index contributed by atoms with van der Waals surface area (Å²) in [6, 6.07) is 6.72. The van der Waals surface area contributed by atoms with E-state index in [1.165, 1.54) is 11.2 Å². The van der Waals surface area contributed by atoms with Gasteiger partial charge in [-0.2, -0.15) is 0 Å². The molecule has 0 aliphatic rings. The first kappa shape index (κ1) is 16.5. The van der Waals surface area contributed by atoms with Crippen LogP contribution in [0.3, 0.4) is 0 Å². The maximum Gasteiger partial charge on any atom is 0.333 e. The number of phenols is 1. The van der Waals surface area contributed by atoms with Gasteiger partial charge >= 0.3 is 5.97 Å². The minimum atomic E-state index is -0.463. The number of benzene rings is 1. The first-order chi connectivity index (χ1) is 9.95. The molecular formula is C15H19N3O3. The molecular weight excluding hydrogens is 270 g/mol. The average molecular weight is 289 g/mol. The molecule has 0 radical (unpaired) electrons. The van der Waals surface area contributed by atoms with Gasteiger partial charge in [0.2, 0.25) is 0 Å². The van der Waals surface area contributed by atoms with Crippen LogP contribution in [0, 0.1) is 0 Å². The van der Waals surface area contributed by atoms with Crippen LogP contribution in [-0.2, 0) is 9.53 Å². The molecule has 0 saturated carbocycles. The number of carbonyl (C=O) groups excluding carboxylic acids is 1. The second-order valence-corrected chi connectivity index (χ2v) is 4.34. The number of esters is 1. The predicted octanol–water partition coefficient (Wildman–Crippen LogP) is 1.69. The average Bonchev–Trinajstić information content (AvgIpc) is 2.45. The van der Waals surface area contributed by atoms with Gasteiger partial charge in [0, 0.05) is 17.3 Å². The van der Waals surface area contributed by atoms with E-state index in [4.69, 9.17) is 10.6 Å². The molecule has 0 unspecified atom stereocenters. The van der Waals surface area contributed by atoms with Crippen LogP contribution in [0.2, 0.25) is 0 Å². The molecule has 0 aliphatic carbocycles. The third-order valence-electron chi connectivity index (χ3n) is 2.57. The smallest absolute Gasteiger partial charge is 0.333 e. The second kappa shape index (κ2) is 7.86. The summed E-state index contributed by atoms with van der Waals surface area (Å²) in [6.07, 6.45) is 1.51. The van der Waals surface area contributed by atoms with Crippen LogP contribution in [0.15, 0.2) is 47.6 Å². The molecule has 0 fully saturated rings. The van der Waals surface area contributed by atoms with Gasteiger partial charge in [0.05, 0.1) is 12.2 Å². The number of aliphatic imine (C=N–C) groups is 1. The molecule has 1 aromatic carbocycles. The quantitative estimate of drug-likeness (QED) is 0.262. The number of carbonyl (C=O) groups is 1. The standard InChI is InChI=1S/C15H19N3O3/c1-11(2)15(20)21-9-8-18(16)10-13(17-3)12-6-4-5-7-14(12)19/h4-7,10,19H,1,3,8-9,16H2,2H3/b13-10-. The maximum absolute atomic E-state index is 11.2. The van der Waals surface area contributed by atoms with E-state index < -0.39 is 5.97 Å². The number of hydrogen-bond donors (Lipinski definition) is 2. The summed E-state index contributed by atoms with van der Waals surface area (Å²) < 4.78 is 4.93. The largest absolute Gasteiger partial charge is 0.507 e. The van der Waals surface area contributed by atoms with Gasteiger partial charge in [0.1, 0.15) is 12.4 Å². The van der Waals surface area contributed by atoms with E-state index in [2.05, 4.69) is 18.3 Å². The fourth-order valence-corrected chi connectivity index (χ4v) is 1.47. The first-order valence-electron chi connectivity index (χ1n) is 6.26. The molecule has 21 heavy (non-hydrogen) atoms. The molecule has 1 rings (SSSR count). The lowest BCUT2D eigenvalue weighted by atomic mass is 10.1. The number of nitrogens with two attached hydrogens (primary N) is 1. The number of nitrogens with zero attached hydrogens (tertiary/aromatic N) is 2. The van der Waals surface area contributed by atoms with E-state index in [0.717, 1.165) is 0 Å². The van der Waals surface area contributed by atoms with Crippen LogP contribution in [0.5, 0.6) is 5.75 Å². The van der Waals surface area contributed by atoms with Gasteiger partial charge in [-0.3, -0.25) is 4.99 Å². The highest BCUT2D eigenvalue weighted by Crippen LogP contribution is 2.25. The number of hydrazine groups is 1. The Morgan fingerprint density at radius 1 is 1.52 bits per heavy atom. The fourth-order valence-electron chi connectivity index (χ4n) is 1.47. The van der Waals surface area contributed by atoms with Gasteiger partial charge in [-0.25, -0.2) is 10.6 Å². The Labute approximate surface area is 123 Å². The number of hydrogen-bond acceptors (Lipinski definition) is 6. The zero-order chi connectivity index (χ0) is 15.8. The van der Waals surface area contributed by atoms with Gasteiger partial charge in [-0.1, -0.05) is 18.7 Å². The summed E-state index contributed by atoms with van der Waals surface area (Å²) in [7, 11) is 0. The van der Waals surface area contributed by atoms with Gasteiger partial charge in [-0.05, 0) is 25.8 Å². The Morgan fingerprint density at radius 3 is 2.76 bits per heavy atom. The summed E-state index contributed by atoms with van der Waals surface area (Å²) in [5.74, 6) is 5.39. The lowest BCUT2D eigenvalue weighted by Gasteiger charge is -2.15. The summed E-state index contributed by atoms with van der Waals surface area (Å²) in [4.78, 5) is 15.0. The number of rotatable bonds is 7. The van der Waals surface area contributed by atoms with Crippen molar-refractivity contribution in [2.24, 2.45) is 10.8 Å². The molecule has 0 spiro atoms. The van der Waals surface area contributed by atoms with Crippen molar-refractivity contribution in [2.45, 2.75) is 6.92 Å². The van der Waals surface area contributed by atoms with Crippen molar-refractivity contribution in [3.63, 3.8) is 0 Å². The van der Waals surface area contributed by atoms with Crippen LogP contribution < -0.4 is 5.84 Å². The van der Waals surface area contributed by atoms with Crippen molar-refractivity contribution >= 4 is 18.4 Å². The van der Waals surface area contributed by atoms with E-state index in [0.29, 0.717) is 16.8 Å². The fraction of sp³-hybridized carbons (Fsp3) is 0.200. The zero-order valence-corrected chi connectivity index (χ0v) is 12.0. The van der Waals surface area contributed by atoms with Crippen molar-refractivity contribution < 1.29 is 14.6 Å². The molecule has 1 aromatic rings. The van der Waals surface area contributed by atoms with Gasteiger partial charge in [0.25, 0.3) is 0 Å². The van der Waals surface area contributed by atoms with E-state index in [1.54, 1.807) is 31.2 Å². The third kappa shape index (κ3) is 5.12. The maximum atomic E-state index is 11.2. The third-order valence-corrected chi connectivity index (χ3v) is 2.57. The SMILES string of the molecule is C=N/C(=C\N(N)CCOC(=O)C(=C)C)c1ccccc1O. The number of aromatic hydroxyl groups is 1. The minimum Gasteiger partial charge on any atom is -0.507 e. The molecule has 0 aromatic heterocycles. The van der Waals surface area contributed by atoms with E-state index in [-0.39, 0.29) is 18.9 Å². The van der Waals surface area contributed by atoms with Crippen molar-refractivity contribution in [3.8, 4) is 5.75 Å². The topological polar surface area (TPSA) is 88.1 Å². The highest BCUT2D eigenvalue weighted by atomic mass is 16.5. The highest BCUT2D eigenvalue weighted by molar-refractivity contribution is 5.86. The first-order valence-corrected chi connectivity index (χ1v) is 6.26. The lowest BCUT2D eigenvalue weighted by molar-refractivity contribution is -0.139. The van der Waals surface area contributed by atoms with Crippen LogP contribution in [0.25, 0.3) is 5.70 Å². The van der Waals surface area contributed by atoms with Gasteiger partial charge < -0.3 is 14.9 Å². The van der Waals surface area contributed by atoms with Crippen molar-refractivity contribution in [1.29, 1.82) is 0 Å². The summed E-state index contributed by atoms with van der Waals surface area (Å²) in [6.45, 7) is 8.89. The molecule has 0 aliphatic heterocycles. The molecule has 0 bridgehead atoms. The Balaban J connectivity index is 2.67.